The first kappa shape index (κ1) is 15.9. The number of hydrogen-bond acceptors (Lipinski definition) is 8. The summed E-state index contributed by atoms with van der Waals surface area (Å²) in [7, 11) is 0. The predicted molar refractivity (Wildman–Crippen MR) is 85.0 cm³/mol. The van der Waals surface area contributed by atoms with Crippen LogP contribution in [0.1, 0.15) is 33.4 Å². The molecule has 2 aromatic rings. The molecule has 1 saturated heterocycles. The zero-order chi connectivity index (χ0) is 16.7. The lowest BCUT2D eigenvalue weighted by molar-refractivity contribution is -0.153. The van der Waals surface area contributed by atoms with Crippen LogP contribution in [-0.2, 0) is 14.3 Å². The molecule has 8 nitrogen and oxygen atoms in total. The second kappa shape index (κ2) is 5.89. The fourth-order valence-electron chi connectivity index (χ4n) is 2.96. The van der Waals surface area contributed by atoms with Crippen molar-refractivity contribution >= 4 is 33.6 Å². The summed E-state index contributed by atoms with van der Waals surface area (Å²) in [4.78, 5) is 31.7. The van der Waals surface area contributed by atoms with Gasteiger partial charge in [0.15, 0.2) is 18.0 Å². The van der Waals surface area contributed by atoms with Gasteiger partial charge in [0.1, 0.15) is 0 Å². The van der Waals surface area contributed by atoms with Crippen LogP contribution in [0.4, 0.5) is 5.95 Å². The maximum Gasteiger partial charge on any atom is 0.311 e. The van der Waals surface area contributed by atoms with E-state index in [0.717, 1.165) is 17.8 Å². The summed E-state index contributed by atoms with van der Waals surface area (Å²) in [6.07, 6.45) is 0.893. The fraction of sp³-hybridized carbons (Fsp3) is 0.571. The van der Waals surface area contributed by atoms with E-state index in [-0.39, 0.29) is 22.8 Å². The Morgan fingerprint density at radius 3 is 2.96 bits per heavy atom. The van der Waals surface area contributed by atoms with E-state index in [9.17, 15) is 9.59 Å². The Labute approximate surface area is 136 Å². The van der Waals surface area contributed by atoms with Gasteiger partial charge in [0.05, 0.1) is 17.0 Å². The van der Waals surface area contributed by atoms with Gasteiger partial charge < -0.3 is 15.2 Å². The van der Waals surface area contributed by atoms with Gasteiger partial charge in [-0.1, -0.05) is 25.2 Å². The van der Waals surface area contributed by atoms with Gasteiger partial charge in [-0.3, -0.25) is 14.2 Å². The monoisotopic (exact) mass is 338 g/mol. The smallest absolute Gasteiger partial charge is 0.311 e. The molecular formula is C14H18N4O4S. The molecule has 0 amide bonds. The highest BCUT2D eigenvalue weighted by molar-refractivity contribution is 7.16. The molecule has 4 atom stereocenters. The molecule has 23 heavy (non-hydrogen) atoms. The Kier molecular flexibility index (Phi) is 4.07. The van der Waals surface area contributed by atoms with E-state index in [1.54, 1.807) is 0 Å². The molecule has 1 aliphatic heterocycles. The second-order valence-electron chi connectivity index (χ2n) is 5.56. The largest absolute Gasteiger partial charge is 0.457 e. The van der Waals surface area contributed by atoms with Gasteiger partial charge in [0.25, 0.3) is 0 Å². The van der Waals surface area contributed by atoms with Crippen LogP contribution in [0.2, 0.25) is 0 Å². The van der Waals surface area contributed by atoms with Gasteiger partial charge in [-0.2, -0.15) is 4.98 Å². The Balaban J connectivity index is 2.11. The molecule has 9 heteroatoms. The summed E-state index contributed by atoms with van der Waals surface area (Å²) >= 11 is 1.01. The van der Waals surface area contributed by atoms with Crippen LogP contribution in [0.15, 0.2) is 11.0 Å². The number of nitrogen functional groups attached to an aromatic ring is 1. The highest BCUT2D eigenvalue weighted by Gasteiger charge is 2.45. The van der Waals surface area contributed by atoms with E-state index in [1.165, 1.54) is 17.7 Å². The van der Waals surface area contributed by atoms with Crippen LogP contribution in [0, 0.1) is 5.92 Å². The lowest BCUT2D eigenvalue weighted by atomic mass is 9.98. The van der Waals surface area contributed by atoms with Crippen LogP contribution < -0.4 is 10.6 Å². The number of fused-ring (bicyclic) bond motifs is 1. The van der Waals surface area contributed by atoms with Crippen molar-refractivity contribution in [1.29, 1.82) is 0 Å². The predicted octanol–water partition coefficient (Wildman–Crippen LogP) is 1.31. The number of aromatic nitrogens is 3. The van der Waals surface area contributed by atoms with Crippen LogP contribution in [0.3, 0.4) is 0 Å². The number of carbonyl (C=O) groups is 1. The van der Waals surface area contributed by atoms with E-state index in [2.05, 4.69) is 9.97 Å². The molecule has 3 rings (SSSR count). The zero-order valence-corrected chi connectivity index (χ0v) is 13.9. The summed E-state index contributed by atoms with van der Waals surface area (Å²) in [5.74, 6) is -0.366. The van der Waals surface area contributed by atoms with Crippen LogP contribution >= 0.6 is 11.3 Å². The minimum Gasteiger partial charge on any atom is -0.457 e. The first-order valence-corrected chi connectivity index (χ1v) is 8.20. The molecule has 0 spiro atoms. The molecule has 0 aromatic carbocycles. The summed E-state index contributed by atoms with van der Waals surface area (Å²) in [5, 5.41) is 0. The number of thiazole rings is 1. The maximum absolute atomic E-state index is 12.4. The van der Waals surface area contributed by atoms with E-state index in [0.29, 0.717) is 10.3 Å². The highest BCUT2D eigenvalue weighted by atomic mass is 32.1. The van der Waals surface area contributed by atoms with Crippen LogP contribution in [0.25, 0.3) is 10.3 Å². The van der Waals surface area contributed by atoms with Gasteiger partial charge in [0, 0.05) is 12.8 Å². The lowest BCUT2D eigenvalue weighted by Gasteiger charge is -2.21. The minimum absolute atomic E-state index is 0.0325. The molecule has 1 fully saturated rings. The summed E-state index contributed by atoms with van der Waals surface area (Å²) in [6, 6.07) is 0. The third-order valence-corrected chi connectivity index (χ3v) is 4.92. The maximum atomic E-state index is 12.4. The number of rotatable bonds is 3. The van der Waals surface area contributed by atoms with Crippen molar-refractivity contribution in [1.82, 2.24) is 14.5 Å². The summed E-state index contributed by atoms with van der Waals surface area (Å²) in [5.41, 5.74) is 6.04. The topological polar surface area (TPSA) is 109 Å². The van der Waals surface area contributed by atoms with Gasteiger partial charge in [-0.25, -0.2) is 4.98 Å². The van der Waals surface area contributed by atoms with Crippen molar-refractivity contribution < 1.29 is 14.3 Å². The lowest BCUT2D eigenvalue weighted by Crippen LogP contribution is -2.33. The van der Waals surface area contributed by atoms with E-state index in [4.69, 9.17) is 15.2 Å². The second-order valence-corrected chi connectivity index (χ2v) is 6.55. The first-order chi connectivity index (χ1) is 10.9. The molecule has 0 aliphatic carbocycles. The van der Waals surface area contributed by atoms with E-state index < -0.39 is 18.3 Å². The molecular weight excluding hydrogens is 320 g/mol. The summed E-state index contributed by atoms with van der Waals surface area (Å²) in [6.45, 7) is 5.28. The molecule has 2 aromatic heterocycles. The third-order valence-electron chi connectivity index (χ3n) is 4.04. The zero-order valence-electron chi connectivity index (χ0n) is 13.1. The van der Waals surface area contributed by atoms with Crippen molar-refractivity contribution in [2.24, 2.45) is 5.92 Å². The van der Waals surface area contributed by atoms with Gasteiger partial charge in [0.2, 0.25) is 5.95 Å². The molecule has 0 radical (unpaired) electrons. The number of anilines is 1. The fourth-order valence-corrected chi connectivity index (χ4v) is 3.78. The number of nitrogens with two attached hydrogens (primary N) is 1. The van der Waals surface area contributed by atoms with Crippen molar-refractivity contribution in [3.05, 3.63) is 15.9 Å². The number of ether oxygens (including phenoxy) is 2. The minimum atomic E-state index is -0.714. The standard InChI is InChI=1S/C14H18N4O4S/c1-4-8-6(2)10(21-7(3)19)12(22-8)18-11-9(23-14(18)20)5-16-13(15)17-11/h5-6,8,10,12H,4H2,1-3H3,(H2,15,16,17)/t6-,8+,10+,12+/m0/s1. The van der Waals surface area contributed by atoms with Gasteiger partial charge in [-0.05, 0) is 6.42 Å². The van der Waals surface area contributed by atoms with E-state index >= 15 is 0 Å². The average molecular weight is 338 g/mol. The third kappa shape index (κ3) is 2.70. The summed E-state index contributed by atoms with van der Waals surface area (Å²) < 4.78 is 13.5. The Hall–Kier alpha value is -2.00. The molecule has 124 valence electrons. The molecule has 3 heterocycles. The normalized spacial score (nSPS) is 27.4. The van der Waals surface area contributed by atoms with Crippen molar-refractivity contribution in [3.8, 4) is 0 Å². The number of hydrogen-bond donors (Lipinski definition) is 1. The quantitative estimate of drug-likeness (QED) is 0.840. The van der Waals surface area contributed by atoms with Crippen molar-refractivity contribution in [2.75, 3.05) is 5.73 Å². The molecule has 0 bridgehead atoms. The van der Waals surface area contributed by atoms with Gasteiger partial charge in [-0.15, -0.1) is 0 Å². The van der Waals surface area contributed by atoms with Gasteiger partial charge >= 0.3 is 10.8 Å². The Morgan fingerprint density at radius 1 is 1.57 bits per heavy atom. The highest BCUT2D eigenvalue weighted by Crippen LogP contribution is 2.38. The Bertz CT molecular complexity index is 802. The molecule has 0 unspecified atom stereocenters. The number of carbonyl (C=O) groups excluding carboxylic acids is 1. The van der Waals surface area contributed by atoms with E-state index in [1.807, 2.05) is 13.8 Å². The Morgan fingerprint density at radius 2 is 2.30 bits per heavy atom. The molecule has 0 saturated carbocycles. The van der Waals surface area contributed by atoms with Crippen molar-refractivity contribution in [3.63, 3.8) is 0 Å². The number of esters is 1. The number of nitrogens with zero attached hydrogens (tertiary/aromatic N) is 3. The average Bonchev–Trinajstić information content (AvgIpc) is 2.96. The molecule has 1 aliphatic rings. The van der Waals surface area contributed by atoms with Crippen molar-refractivity contribution in [2.45, 2.75) is 45.6 Å². The van der Waals surface area contributed by atoms with Crippen LogP contribution in [0.5, 0.6) is 0 Å². The molecule has 2 N–H and O–H groups in total. The van der Waals surface area contributed by atoms with Crippen LogP contribution in [-0.4, -0.2) is 32.7 Å². The first-order valence-electron chi connectivity index (χ1n) is 7.38. The SMILES string of the molecule is CC[C@H]1O[C@@H](n2c(=O)sc3cnc(N)nc32)[C@H](OC(C)=O)[C@H]1C.